The molecule has 2 N–H and O–H groups in total. The van der Waals surface area contributed by atoms with E-state index < -0.39 is 0 Å². The number of nitrogens with zero attached hydrogens (tertiary/aromatic N) is 2. The van der Waals surface area contributed by atoms with E-state index in [1.54, 1.807) is 6.92 Å². The van der Waals surface area contributed by atoms with E-state index in [1.165, 1.54) is 5.56 Å². The van der Waals surface area contributed by atoms with Gasteiger partial charge in [-0.2, -0.15) is 5.26 Å². The van der Waals surface area contributed by atoms with Crippen LogP contribution in [0.5, 0.6) is 0 Å². The van der Waals surface area contributed by atoms with Gasteiger partial charge in [0, 0.05) is 11.7 Å². The van der Waals surface area contributed by atoms with Crippen LogP contribution in [0.25, 0.3) is 0 Å². The number of aryl methyl sites for hydroxylation is 2. The van der Waals surface area contributed by atoms with Crippen LogP contribution in [0, 0.1) is 11.3 Å². The van der Waals surface area contributed by atoms with Crippen molar-refractivity contribution in [3.8, 4) is 6.07 Å². The van der Waals surface area contributed by atoms with Crippen LogP contribution in [0.2, 0.25) is 0 Å². The Morgan fingerprint density at radius 2 is 2.30 bits per heavy atom. The highest BCUT2D eigenvalue weighted by molar-refractivity contribution is 5.84. The largest absolute Gasteiger partial charge is 0.358 e. The zero-order valence-electron chi connectivity index (χ0n) is 11.6. The maximum absolute atomic E-state index is 11.9. The summed E-state index contributed by atoms with van der Waals surface area (Å²) in [5, 5.41) is 15.3. The Labute approximate surface area is 118 Å². The average Bonchev–Trinajstić information content (AvgIpc) is 3.13. The molecule has 20 heavy (non-hydrogen) atoms. The number of amides is 1. The van der Waals surface area contributed by atoms with Gasteiger partial charge in [-0.25, -0.2) is 4.98 Å². The summed E-state index contributed by atoms with van der Waals surface area (Å²) in [5.41, 5.74) is 2.75. The number of pyridine rings is 1. The lowest BCUT2D eigenvalue weighted by Gasteiger charge is -2.16. The number of aromatic nitrogens is 1. The highest BCUT2D eigenvalue weighted by atomic mass is 16.2. The molecule has 5 nitrogen and oxygen atoms in total. The van der Waals surface area contributed by atoms with Crippen LogP contribution >= 0.6 is 0 Å². The first-order valence-electron chi connectivity index (χ1n) is 7.17. The molecule has 1 aromatic rings. The van der Waals surface area contributed by atoms with Crippen molar-refractivity contribution in [2.75, 3.05) is 5.32 Å². The Balaban J connectivity index is 1.75. The van der Waals surface area contributed by atoms with Gasteiger partial charge in [-0.05, 0) is 50.7 Å². The summed E-state index contributed by atoms with van der Waals surface area (Å²) in [5.74, 6) is 0.505. The third-order valence-electron chi connectivity index (χ3n) is 3.84. The SMILES string of the molecule is CC(Nc1nc2c(cc1C#N)CCC2)C(=O)NC1CC1. The molecular formula is C15H18N4O. The van der Waals surface area contributed by atoms with Crippen LogP contribution in [0.1, 0.15) is 43.0 Å². The normalized spacial score (nSPS) is 18.0. The van der Waals surface area contributed by atoms with Gasteiger partial charge < -0.3 is 10.6 Å². The third-order valence-corrected chi connectivity index (χ3v) is 3.84. The smallest absolute Gasteiger partial charge is 0.242 e. The van der Waals surface area contributed by atoms with Crippen LogP contribution in [0.3, 0.4) is 0 Å². The van der Waals surface area contributed by atoms with Crippen molar-refractivity contribution in [2.24, 2.45) is 0 Å². The fourth-order valence-electron chi connectivity index (χ4n) is 2.49. The predicted octanol–water partition coefficient (Wildman–Crippen LogP) is 1.52. The summed E-state index contributed by atoms with van der Waals surface area (Å²) < 4.78 is 0. The Kier molecular flexibility index (Phi) is 3.31. The molecule has 1 heterocycles. The molecule has 1 fully saturated rings. The molecule has 5 heteroatoms. The Morgan fingerprint density at radius 1 is 1.50 bits per heavy atom. The number of nitrogens with one attached hydrogen (secondary N) is 2. The average molecular weight is 270 g/mol. The lowest BCUT2D eigenvalue weighted by atomic mass is 10.1. The van der Waals surface area contributed by atoms with E-state index >= 15 is 0 Å². The third kappa shape index (κ3) is 2.60. The highest BCUT2D eigenvalue weighted by Gasteiger charge is 2.26. The standard InChI is InChI=1S/C15H18N4O/c1-9(15(20)18-12-5-6-12)17-14-11(8-16)7-10-3-2-4-13(10)19-14/h7,9,12H,2-6H2,1H3,(H,17,19)(H,18,20). The maximum Gasteiger partial charge on any atom is 0.242 e. The first kappa shape index (κ1) is 12.9. The zero-order chi connectivity index (χ0) is 14.1. The Morgan fingerprint density at radius 3 is 3.00 bits per heavy atom. The molecule has 0 spiro atoms. The van der Waals surface area contributed by atoms with Gasteiger partial charge in [0.2, 0.25) is 5.91 Å². The molecular weight excluding hydrogens is 252 g/mol. The minimum atomic E-state index is -0.380. The second kappa shape index (κ2) is 5.12. The molecule has 0 radical (unpaired) electrons. The molecule has 1 aromatic heterocycles. The van der Waals surface area contributed by atoms with E-state index in [4.69, 9.17) is 0 Å². The number of carbonyl (C=O) groups excluding carboxylic acids is 1. The fourth-order valence-corrected chi connectivity index (χ4v) is 2.49. The second-order valence-electron chi connectivity index (χ2n) is 5.60. The summed E-state index contributed by atoms with van der Waals surface area (Å²) in [7, 11) is 0. The Hall–Kier alpha value is -2.09. The number of hydrogen-bond acceptors (Lipinski definition) is 4. The van der Waals surface area contributed by atoms with Crippen molar-refractivity contribution < 1.29 is 4.79 Å². The summed E-state index contributed by atoms with van der Waals surface area (Å²) in [4.78, 5) is 16.5. The molecule has 0 aliphatic heterocycles. The van der Waals surface area contributed by atoms with Crippen molar-refractivity contribution >= 4 is 11.7 Å². The summed E-state index contributed by atoms with van der Waals surface area (Å²) >= 11 is 0. The van der Waals surface area contributed by atoms with Crippen molar-refractivity contribution in [3.63, 3.8) is 0 Å². The van der Waals surface area contributed by atoms with Gasteiger partial charge in [-0.15, -0.1) is 0 Å². The molecule has 1 atom stereocenters. The lowest BCUT2D eigenvalue weighted by Crippen LogP contribution is -2.39. The van der Waals surface area contributed by atoms with Gasteiger partial charge in [-0.1, -0.05) is 0 Å². The number of anilines is 1. The summed E-state index contributed by atoms with van der Waals surface area (Å²) in [6, 6.07) is 4.03. The van der Waals surface area contributed by atoms with Gasteiger partial charge in [0.15, 0.2) is 0 Å². The van der Waals surface area contributed by atoms with E-state index in [1.807, 2.05) is 6.07 Å². The van der Waals surface area contributed by atoms with Crippen LogP contribution in [-0.2, 0) is 17.6 Å². The lowest BCUT2D eigenvalue weighted by molar-refractivity contribution is -0.121. The quantitative estimate of drug-likeness (QED) is 0.869. The Bertz CT molecular complexity index is 586. The van der Waals surface area contributed by atoms with Crippen molar-refractivity contribution in [1.29, 1.82) is 5.26 Å². The molecule has 0 bridgehead atoms. The summed E-state index contributed by atoms with van der Waals surface area (Å²) in [6.07, 6.45) is 5.18. The van der Waals surface area contributed by atoms with Gasteiger partial charge in [0.1, 0.15) is 17.9 Å². The van der Waals surface area contributed by atoms with Crippen LogP contribution < -0.4 is 10.6 Å². The molecule has 1 saturated carbocycles. The van der Waals surface area contributed by atoms with Crippen molar-refractivity contribution in [3.05, 3.63) is 22.9 Å². The van der Waals surface area contributed by atoms with E-state index in [0.717, 1.165) is 37.8 Å². The minimum Gasteiger partial charge on any atom is -0.358 e. The first-order chi connectivity index (χ1) is 9.67. The van der Waals surface area contributed by atoms with E-state index in [-0.39, 0.29) is 11.9 Å². The highest BCUT2D eigenvalue weighted by Crippen LogP contribution is 2.25. The number of hydrogen-bond donors (Lipinski definition) is 2. The molecule has 1 unspecified atom stereocenters. The number of fused-ring (bicyclic) bond motifs is 1. The molecule has 1 amide bonds. The fraction of sp³-hybridized carbons (Fsp3) is 0.533. The first-order valence-corrected chi connectivity index (χ1v) is 7.17. The number of nitriles is 1. The number of rotatable bonds is 4. The van der Waals surface area contributed by atoms with Gasteiger partial charge in [-0.3, -0.25) is 4.79 Å². The van der Waals surface area contributed by atoms with Gasteiger partial charge in [0.05, 0.1) is 5.56 Å². The van der Waals surface area contributed by atoms with Crippen molar-refractivity contribution in [1.82, 2.24) is 10.3 Å². The van der Waals surface area contributed by atoms with Crippen LogP contribution in [0.15, 0.2) is 6.07 Å². The summed E-state index contributed by atoms with van der Waals surface area (Å²) in [6.45, 7) is 1.80. The van der Waals surface area contributed by atoms with E-state index in [0.29, 0.717) is 17.4 Å². The van der Waals surface area contributed by atoms with Gasteiger partial charge in [0.25, 0.3) is 0 Å². The topological polar surface area (TPSA) is 77.8 Å². The van der Waals surface area contributed by atoms with Gasteiger partial charge >= 0.3 is 0 Å². The molecule has 2 aliphatic carbocycles. The molecule has 2 aliphatic rings. The molecule has 3 rings (SSSR count). The van der Waals surface area contributed by atoms with Crippen LogP contribution in [0.4, 0.5) is 5.82 Å². The second-order valence-corrected chi connectivity index (χ2v) is 5.60. The van der Waals surface area contributed by atoms with Crippen LogP contribution in [-0.4, -0.2) is 23.0 Å². The molecule has 0 saturated heterocycles. The van der Waals surface area contributed by atoms with E-state index in [2.05, 4.69) is 21.7 Å². The van der Waals surface area contributed by atoms with Crippen molar-refractivity contribution in [2.45, 2.75) is 51.1 Å². The predicted molar refractivity (Wildman–Crippen MR) is 75.2 cm³/mol. The zero-order valence-corrected chi connectivity index (χ0v) is 11.6. The monoisotopic (exact) mass is 270 g/mol. The van der Waals surface area contributed by atoms with E-state index in [9.17, 15) is 10.1 Å². The maximum atomic E-state index is 11.9. The molecule has 104 valence electrons. The molecule has 0 aromatic carbocycles. The number of carbonyl (C=O) groups is 1. The minimum absolute atomic E-state index is 0.0290.